The van der Waals surface area contributed by atoms with Crippen LogP contribution in [-0.4, -0.2) is 47.8 Å². The Kier molecular flexibility index (Phi) is 5.16. The molecule has 0 saturated carbocycles. The Hall–Kier alpha value is -2.08. The third-order valence-corrected chi connectivity index (χ3v) is 3.47. The zero-order chi connectivity index (χ0) is 15.2. The predicted octanol–water partition coefficient (Wildman–Crippen LogP) is 2.09. The van der Waals surface area contributed by atoms with Crippen molar-refractivity contribution >= 4 is 17.7 Å². The monoisotopic (exact) mass is 292 g/mol. The number of anilines is 1. The van der Waals surface area contributed by atoms with Crippen LogP contribution in [0.5, 0.6) is 0 Å². The Morgan fingerprint density at radius 3 is 2.48 bits per heavy atom. The van der Waals surface area contributed by atoms with E-state index < -0.39 is 5.97 Å². The Balaban J connectivity index is 1.77. The van der Waals surface area contributed by atoms with Gasteiger partial charge in [0, 0.05) is 18.8 Å². The van der Waals surface area contributed by atoms with Gasteiger partial charge in [-0.2, -0.15) is 0 Å². The zero-order valence-electron chi connectivity index (χ0n) is 12.0. The maximum Gasteiger partial charge on any atom is 0.329 e. The van der Waals surface area contributed by atoms with Crippen LogP contribution >= 0.6 is 0 Å². The van der Waals surface area contributed by atoms with Gasteiger partial charge >= 0.3 is 12.0 Å². The molecule has 1 aliphatic rings. The molecule has 0 radical (unpaired) electrons. The van der Waals surface area contributed by atoms with Crippen LogP contribution < -0.4 is 5.32 Å². The molecule has 0 unspecified atom stereocenters. The van der Waals surface area contributed by atoms with E-state index in [1.807, 2.05) is 31.2 Å². The number of urea groups is 1. The quantitative estimate of drug-likeness (QED) is 0.890. The lowest BCUT2D eigenvalue weighted by atomic mass is 10.1. The van der Waals surface area contributed by atoms with Gasteiger partial charge in [0.2, 0.25) is 0 Å². The van der Waals surface area contributed by atoms with Crippen LogP contribution in [0.25, 0.3) is 0 Å². The number of nitrogens with zero attached hydrogens (tertiary/aromatic N) is 1. The summed E-state index contributed by atoms with van der Waals surface area (Å²) in [4.78, 5) is 24.3. The molecule has 114 valence electrons. The minimum absolute atomic E-state index is 0.0791. The van der Waals surface area contributed by atoms with Crippen LogP contribution in [0.15, 0.2) is 24.3 Å². The van der Waals surface area contributed by atoms with Gasteiger partial charge in [0.15, 0.2) is 0 Å². The van der Waals surface area contributed by atoms with Crippen molar-refractivity contribution in [3.05, 3.63) is 29.8 Å². The van der Waals surface area contributed by atoms with Gasteiger partial charge < -0.3 is 20.1 Å². The molecule has 1 aliphatic heterocycles. The molecule has 1 fully saturated rings. The van der Waals surface area contributed by atoms with Crippen molar-refractivity contribution in [1.82, 2.24) is 4.90 Å². The van der Waals surface area contributed by atoms with Gasteiger partial charge in [-0.25, -0.2) is 9.59 Å². The third-order valence-electron chi connectivity index (χ3n) is 3.47. The van der Waals surface area contributed by atoms with Gasteiger partial charge in [-0.1, -0.05) is 17.7 Å². The van der Waals surface area contributed by atoms with Gasteiger partial charge in [0.1, 0.15) is 6.61 Å². The highest BCUT2D eigenvalue weighted by Gasteiger charge is 2.23. The van der Waals surface area contributed by atoms with Crippen LogP contribution in [0.4, 0.5) is 10.5 Å². The zero-order valence-corrected chi connectivity index (χ0v) is 12.0. The molecule has 2 amide bonds. The molecule has 1 aromatic rings. The minimum Gasteiger partial charge on any atom is -0.480 e. The molecule has 2 rings (SSSR count). The Bertz CT molecular complexity index is 493. The maximum atomic E-state index is 12.1. The second kappa shape index (κ2) is 7.08. The first-order chi connectivity index (χ1) is 10.0. The molecule has 0 aromatic heterocycles. The summed E-state index contributed by atoms with van der Waals surface area (Å²) in [6.07, 6.45) is 1.24. The van der Waals surface area contributed by atoms with Gasteiger partial charge in [0.25, 0.3) is 0 Å². The number of carbonyl (C=O) groups excluding carboxylic acids is 1. The fourth-order valence-electron chi connectivity index (χ4n) is 2.25. The summed E-state index contributed by atoms with van der Waals surface area (Å²) in [6.45, 7) is 2.86. The van der Waals surface area contributed by atoms with Crippen molar-refractivity contribution < 1.29 is 19.4 Å². The number of aliphatic carboxylic acids is 1. The summed E-state index contributed by atoms with van der Waals surface area (Å²) in [5.74, 6) is -0.963. The lowest BCUT2D eigenvalue weighted by Gasteiger charge is -2.31. The smallest absolute Gasteiger partial charge is 0.329 e. The molecule has 0 bridgehead atoms. The lowest BCUT2D eigenvalue weighted by molar-refractivity contribution is -0.145. The van der Waals surface area contributed by atoms with Gasteiger partial charge in [0.05, 0.1) is 6.10 Å². The Morgan fingerprint density at radius 1 is 1.29 bits per heavy atom. The first-order valence-electron chi connectivity index (χ1n) is 7.00. The van der Waals surface area contributed by atoms with Crippen molar-refractivity contribution in [2.45, 2.75) is 25.9 Å². The number of piperidine rings is 1. The number of likely N-dealkylation sites (tertiary alicyclic amines) is 1. The summed E-state index contributed by atoms with van der Waals surface area (Å²) in [6, 6.07) is 7.50. The molecule has 21 heavy (non-hydrogen) atoms. The molecule has 1 aromatic carbocycles. The topological polar surface area (TPSA) is 78.9 Å². The van der Waals surface area contributed by atoms with E-state index >= 15 is 0 Å². The molecule has 0 atom stereocenters. The summed E-state index contributed by atoms with van der Waals surface area (Å²) in [5.41, 5.74) is 1.92. The van der Waals surface area contributed by atoms with E-state index in [1.54, 1.807) is 4.90 Å². The van der Waals surface area contributed by atoms with Crippen molar-refractivity contribution in [3.63, 3.8) is 0 Å². The first kappa shape index (κ1) is 15.3. The van der Waals surface area contributed by atoms with Crippen LogP contribution in [0, 0.1) is 6.92 Å². The number of hydrogen-bond donors (Lipinski definition) is 2. The third kappa shape index (κ3) is 4.75. The number of hydrogen-bond acceptors (Lipinski definition) is 3. The summed E-state index contributed by atoms with van der Waals surface area (Å²) in [5, 5.41) is 11.4. The second-order valence-corrected chi connectivity index (χ2v) is 5.19. The van der Waals surface area contributed by atoms with Gasteiger partial charge in [-0.3, -0.25) is 0 Å². The fourth-order valence-corrected chi connectivity index (χ4v) is 2.25. The predicted molar refractivity (Wildman–Crippen MR) is 78.4 cm³/mol. The van der Waals surface area contributed by atoms with Crippen LogP contribution in [0.3, 0.4) is 0 Å². The van der Waals surface area contributed by atoms with Gasteiger partial charge in [-0.15, -0.1) is 0 Å². The number of aryl methyl sites for hydroxylation is 1. The van der Waals surface area contributed by atoms with Gasteiger partial charge in [-0.05, 0) is 31.9 Å². The van der Waals surface area contributed by atoms with Crippen LogP contribution in [-0.2, 0) is 9.53 Å². The highest BCUT2D eigenvalue weighted by atomic mass is 16.5. The molecular weight excluding hydrogens is 272 g/mol. The normalized spacial score (nSPS) is 15.8. The number of carboxylic acids is 1. The molecule has 2 N–H and O–H groups in total. The van der Waals surface area contributed by atoms with E-state index in [0.29, 0.717) is 25.9 Å². The van der Waals surface area contributed by atoms with Crippen LogP contribution in [0.1, 0.15) is 18.4 Å². The average molecular weight is 292 g/mol. The van der Waals surface area contributed by atoms with E-state index in [-0.39, 0.29) is 18.7 Å². The molecule has 0 aliphatic carbocycles. The lowest BCUT2D eigenvalue weighted by Crippen LogP contribution is -2.43. The Morgan fingerprint density at radius 2 is 1.90 bits per heavy atom. The number of benzene rings is 1. The maximum absolute atomic E-state index is 12.1. The highest BCUT2D eigenvalue weighted by molar-refractivity contribution is 5.89. The first-order valence-corrected chi connectivity index (χ1v) is 7.00. The van der Waals surface area contributed by atoms with Crippen molar-refractivity contribution in [2.24, 2.45) is 0 Å². The minimum atomic E-state index is -0.963. The summed E-state index contributed by atoms with van der Waals surface area (Å²) >= 11 is 0. The highest BCUT2D eigenvalue weighted by Crippen LogP contribution is 2.16. The molecule has 1 saturated heterocycles. The molecular formula is C15H20N2O4. The Labute approximate surface area is 123 Å². The van der Waals surface area contributed by atoms with E-state index in [4.69, 9.17) is 9.84 Å². The second-order valence-electron chi connectivity index (χ2n) is 5.19. The summed E-state index contributed by atoms with van der Waals surface area (Å²) < 4.78 is 5.25. The van der Waals surface area contributed by atoms with Crippen molar-refractivity contribution in [3.8, 4) is 0 Å². The van der Waals surface area contributed by atoms with E-state index in [0.717, 1.165) is 11.3 Å². The molecule has 1 heterocycles. The average Bonchev–Trinajstić information content (AvgIpc) is 2.48. The SMILES string of the molecule is Cc1ccc(NC(=O)N2CCC(OCC(=O)O)CC2)cc1. The van der Waals surface area contributed by atoms with Crippen LogP contribution in [0.2, 0.25) is 0 Å². The molecule has 6 heteroatoms. The number of nitrogens with one attached hydrogen (secondary N) is 1. The van der Waals surface area contributed by atoms with Crippen molar-refractivity contribution in [1.29, 1.82) is 0 Å². The number of ether oxygens (including phenoxy) is 1. The van der Waals surface area contributed by atoms with E-state index in [1.165, 1.54) is 0 Å². The van der Waals surface area contributed by atoms with E-state index in [2.05, 4.69) is 5.32 Å². The largest absolute Gasteiger partial charge is 0.480 e. The molecule has 0 spiro atoms. The number of carbonyl (C=O) groups is 2. The number of carboxylic acid groups (broad SMARTS) is 1. The van der Waals surface area contributed by atoms with E-state index in [9.17, 15) is 9.59 Å². The fraction of sp³-hybridized carbons (Fsp3) is 0.467. The number of amides is 2. The van der Waals surface area contributed by atoms with Crippen molar-refractivity contribution in [2.75, 3.05) is 25.0 Å². The molecule has 6 nitrogen and oxygen atoms in total. The standard InChI is InChI=1S/C15H20N2O4/c1-11-2-4-12(5-3-11)16-15(20)17-8-6-13(7-9-17)21-10-14(18)19/h2-5,13H,6-10H2,1H3,(H,16,20)(H,18,19). The summed E-state index contributed by atoms with van der Waals surface area (Å²) in [7, 11) is 0. The number of rotatable bonds is 4.